The van der Waals surface area contributed by atoms with E-state index in [4.69, 9.17) is 0 Å². The van der Waals surface area contributed by atoms with Gasteiger partial charge in [-0.3, -0.25) is 9.78 Å². The van der Waals surface area contributed by atoms with Crippen molar-refractivity contribution in [1.29, 1.82) is 0 Å². The maximum atomic E-state index is 15.3. The Balaban J connectivity index is 1.26. The molecule has 7 nitrogen and oxygen atoms in total. The number of para-hydroxylation sites is 1. The van der Waals surface area contributed by atoms with Gasteiger partial charge < -0.3 is 4.90 Å². The van der Waals surface area contributed by atoms with Crippen molar-refractivity contribution in [3.63, 3.8) is 0 Å². The van der Waals surface area contributed by atoms with E-state index in [-0.39, 0.29) is 23.4 Å². The molecule has 2 aromatic heterocycles. The SMILES string of the molecule is O=C(C1CC1)N1CCC(Cc2n[nH]c(=O)n2-c2ccc(-c3cnc4ccccc4c3)cc2F)C1. The van der Waals surface area contributed by atoms with Gasteiger partial charge in [0.25, 0.3) is 0 Å². The first-order valence-electron chi connectivity index (χ1n) is 11.7. The third kappa shape index (κ3) is 3.79. The number of benzene rings is 2. The number of nitrogens with zero attached hydrogens (tertiary/aromatic N) is 4. The number of likely N-dealkylation sites (tertiary alicyclic amines) is 1. The third-order valence-corrected chi connectivity index (χ3v) is 6.85. The van der Waals surface area contributed by atoms with Crippen LogP contribution in [-0.4, -0.2) is 43.6 Å². The van der Waals surface area contributed by atoms with Crippen molar-refractivity contribution in [2.75, 3.05) is 13.1 Å². The number of hydrogen-bond acceptors (Lipinski definition) is 4. The molecule has 0 radical (unpaired) electrons. The minimum Gasteiger partial charge on any atom is -0.342 e. The molecule has 34 heavy (non-hydrogen) atoms. The van der Waals surface area contributed by atoms with Crippen LogP contribution in [0.25, 0.3) is 27.7 Å². The molecule has 0 spiro atoms. The van der Waals surface area contributed by atoms with Gasteiger partial charge in [-0.2, -0.15) is 5.10 Å². The van der Waals surface area contributed by atoms with Crippen LogP contribution in [0.4, 0.5) is 4.39 Å². The van der Waals surface area contributed by atoms with E-state index in [1.54, 1.807) is 18.3 Å². The van der Waals surface area contributed by atoms with E-state index in [2.05, 4.69) is 15.2 Å². The van der Waals surface area contributed by atoms with Crippen LogP contribution in [0.15, 0.2) is 59.5 Å². The summed E-state index contributed by atoms with van der Waals surface area (Å²) in [6.07, 6.45) is 5.06. The van der Waals surface area contributed by atoms with Crippen LogP contribution in [-0.2, 0) is 11.2 Å². The fourth-order valence-corrected chi connectivity index (χ4v) is 4.86. The van der Waals surface area contributed by atoms with Crippen molar-refractivity contribution in [2.24, 2.45) is 11.8 Å². The van der Waals surface area contributed by atoms with Gasteiger partial charge in [0.15, 0.2) is 0 Å². The normalized spacial score (nSPS) is 18.0. The van der Waals surface area contributed by atoms with Gasteiger partial charge in [-0.25, -0.2) is 18.9 Å². The summed E-state index contributed by atoms with van der Waals surface area (Å²) < 4.78 is 16.6. The Morgan fingerprint density at radius 3 is 2.76 bits per heavy atom. The van der Waals surface area contributed by atoms with Gasteiger partial charge in [-0.1, -0.05) is 24.3 Å². The van der Waals surface area contributed by atoms with Gasteiger partial charge >= 0.3 is 5.69 Å². The van der Waals surface area contributed by atoms with Gasteiger partial charge in [0.1, 0.15) is 11.6 Å². The van der Waals surface area contributed by atoms with Gasteiger partial charge in [0.2, 0.25) is 5.91 Å². The first-order valence-corrected chi connectivity index (χ1v) is 11.7. The predicted octanol–water partition coefficient (Wildman–Crippen LogP) is 3.72. The molecule has 1 amide bonds. The quantitative estimate of drug-likeness (QED) is 0.495. The number of hydrogen-bond donors (Lipinski definition) is 1. The molecular formula is C26H24FN5O2. The molecule has 1 N–H and O–H groups in total. The van der Waals surface area contributed by atoms with Crippen molar-refractivity contribution >= 4 is 16.8 Å². The Kier molecular flexibility index (Phi) is 5.01. The first kappa shape index (κ1) is 20.8. The lowest BCUT2D eigenvalue weighted by atomic mass is 10.0. The van der Waals surface area contributed by atoms with E-state index in [9.17, 15) is 9.59 Å². The average Bonchev–Trinajstić information content (AvgIpc) is 3.50. The molecule has 1 unspecified atom stereocenters. The fourth-order valence-electron chi connectivity index (χ4n) is 4.86. The zero-order valence-electron chi connectivity index (χ0n) is 18.6. The second-order valence-electron chi connectivity index (χ2n) is 9.28. The molecule has 1 aliphatic heterocycles. The number of halogens is 1. The number of pyridine rings is 1. The molecule has 1 saturated carbocycles. The monoisotopic (exact) mass is 457 g/mol. The van der Waals surface area contributed by atoms with Crippen LogP contribution in [0.3, 0.4) is 0 Å². The molecule has 1 aliphatic carbocycles. The van der Waals surface area contributed by atoms with Gasteiger partial charge in [0.05, 0.1) is 11.2 Å². The Bertz CT molecular complexity index is 1460. The van der Waals surface area contributed by atoms with Crippen molar-refractivity contribution in [1.82, 2.24) is 24.6 Å². The molecule has 2 aromatic carbocycles. The highest BCUT2D eigenvalue weighted by atomic mass is 19.1. The lowest BCUT2D eigenvalue weighted by Crippen LogP contribution is -2.30. The van der Waals surface area contributed by atoms with Crippen LogP contribution in [0.5, 0.6) is 0 Å². The molecular weight excluding hydrogens is 433 g/mol. The van der Waals surface area contributed by atoms with Gasteiger partial charge in [-0.05, 0) is 55.0 Å². The number of fused-ring (bicyclic) bond motifs is 1. The van der Waals surface area contributed by atoms with Crippen LogP contribution in [0, 0.1) is 17.7 Å². The zero-order valence-corrected chi connectivity index (χ0v) is 18.6. The molecule has 8 heteroatoms. The summed E-state index contributed by atoms with van der Waals surface area (Å²) in [5.74, 6) is 0.615. The molecule has 3 heterocycles. The highest BCUT2D eigenvalue weighted by molar-refractivity contribution is 5.83. The van der Waals surface area contributed by atoms with Gasteiger partial charge in [0, 0.05) is 42.6 Å². The molecule has 2 fully saturated rings. The maximum Gasteiger partial charge on any atom is 0.348 e. The maximum absolute atomic E-state index is 15.3. The first-order chi connectivity index (χ1) is 16.6. The summed E-state index contributed by atoms with van der Waals surface area (Å²) in [6, 6.07) is 14.6. The second kappa shape index (κ2) is 8.20. The Morgan fingerprint density at radius 2 is 1.94 bits per heavy atom. The lowest BCUT2D eigenvalue weighted by molar-refractivity contribution is -0.131. The van der Waals surface area contributed by atoms with Crippen molar-refractivity contribution in [3.05, 3.63) is 76.9 Å². The number of aromatic amines is 1. The molecule has 0 bridgehead atoms. The molecule has 172 valence electrons. The van der Waals surface area contributed by atoms with E-state index in [0.717, 1.165) is 42.3 Å². The average molecular weight is 458 g/mol. The molecule has 6 rings (SSSR count). The van der Waals surface area contributed by atoms with E-state index in [1.807, 2.05) is 35.2 Å². The molecule has 1 atom stereocenters. The van der Waals surface area contributed by atoms with Crippen LogP contribution in [0.2, 0.25) is 0 Å². The molecule has 2 aliphatic rings. The number of carbonyl (C=O) groups excluding carboxylic acids is 1. The topological polar surface area (TPSA) is 83.9 Å². The van der Waals surface area contributed by atoms with Crippen molar-refractivity contribution in [3.8, 4) is 16.8 Å². The number of aromatic nitrogens is 4. The highest BCUT2D eigenvalue weighted by Crippen LogP contribution is 2.33. The lowest BCUT2D eigenvalue weighted by Gasteiger charge is -2.16. The highest BCUT2D eigenvalue weighted by Gasteiger charge is 2.37. The van der Waals surface area contributed by atoms with Crippen LogP contribution < -0.4 is 5.69 Å². The van der Waals surface area contributed by atoms with Crippen LogP contribution in [0.1, 0.15) is 25.1 Å². The molecule has 4 aromatic rings. The number of H-pyrrole nitrogens is 1. The Labute approximate surface area is 195 Å². The zero-order chi connectivity index (χ0) is 23.2. The standard InChI is InChI=1S/C26H24FN5O2/c27-21-13-18(20-12-19-3-1-2-4-22(19)28-14-20)7-8-23(21)32-24(29-30-26(32)34)11-16-9-10-31(15-16)25(33)17-5-6-17/h1-4,7-8,12-14,16-17H,5-6,9-11,15H2,(H,30,34). The summed E-state index contributed by atoms with van der Waals surface area (Å²) >= 11 is 0. The number of carbonyl (C=O) groups is 1. The largest absolute Gasteiger partial charge is 0.348 e. The summed E-state index contributed by atoms with van der Waals surface area (Å²) in [6.45, 7) is 1.39. The number of amides is 1. The third-order valence-electron chi connectivity index (χ3n) is 6.85. The summed E-state index contributed by atoms with van der Waals surface area (Å²) in [5, 5.41) is 7.62. The Morgan fingerprint density at radius 1 is 1.09 bits per heavy atom. The fraction of sp³-hybridized carbons (Fsp3) is 0.308. The van der Waals surface area contributed by atoms with E-state index in [0.29, 0.717) is 24.4 Å². The van der Waals surface area contributed by atoms with Gasteiger partial charge in [-0.15, -0.1) is 0 Å². The second-order valence-corrected chi connectivity index (χ2v) is 9.28. The van der Waals surface area contributed by atoms with E-state index >= 15 is 4.39 Å². The number of nitrogens with one attached hydrogen (secondary N) is 1. The van der Waals surface area contributed by atoms with Crippen molar-refractivity contribution < 1.29 is 9.18 Å². The minimum atomic E-state index is -0.507. The van der Waals surface area contributed by atoms with E-state index < -0.39 is 11.5 Å². The minimum absolute atomic E-state index is 0.162. The number of rotatable bonds is 5. The smallest absolute Gasteiger partial charge is 0.342 e. The Hall–Kier alpha value is -3.81. The van der Waals surface area contributed by atoms with E-state index in [1.165, 1.54) is 10.6 Å². The predicted molar refractivity (Wildman–Crippen MR) is 126 cm³/mol. The van der Waals surface area contributed by atoms with Crippen LogP contribution >= 0.6 is 0 Å². The van der Waals surface area contributed by atoms with Crippen molar-refractivity contribution in [2.45, 2.75) is 25.7 Å². The molecule has 1 saturated heterocycles. The summed E-state index contributed by atoms with van der Waals surface area (Å²) in [5.41, 5.74) is 2.05. The summed E-state index contributed by atoms with van der Waals surface area (Å²) in [7, 11) is 0. The summed E-state index contributed by atoms with van der Waals surface area (Å²) in [4.78, 5) is 31.3.